The lowest BCUT2D eigenvalue weighted by Gasteiger charge is -2.13. The number of furan rings is 1. The number of methoxy groups -OCH3 is 2. The Morgan fingerprint density at radius 2 is 1.84 bits per heavy atom. The molecule has 0 saturated heterocycles. The van der Waals surface area contributed by atoms with Crippen molar-refractivity contribution in [1.29, 1.82) is 0 Å². The molecule has 2 heterocycles. The molecule has 0 bridgehead atoms. The predicted molar refractivity (Wildman–Crippen MR) is 126 cm³/mol. The second-order valence-electron chi connectivity index (χ2n) is 7.12. The molecule has 0 unspecified atom stereocenters. The van der Waals surface area contributed by atoms with E-state index < -0.39 is 0 Å². The van der Waals surface area contributed by atoms with Crippen LogP contribution in [0.1, 0.15) is 18.1 Å². The summed E-state index contributed by atoms with van der Waals surface area (Å²) in [5.41, 5.74) is 7.31. The molecule has 0 aliphatic heterocycles. The monoisotopic (exact) mass is 415 g/mol. The maximum absolute atomic E-state index is 6.25. The molecule has 158 valence electrons. The van der Waals surface area contributed by atoms with Crippen LogP contribution in [0.15, 0.2) is 58.1 Å². The van der Waals surface area contributed by atoms with Gasteiger partial charge in [-0.3, -0.25) is 9.98 Å². The number of anilines is 2. The molecule has 0 aliphatic rings. The molecule has 0 saturated carbocycles. The molecular weight excluding hydrogens is 390 g/mol. The maximum Gasteiger partial charge on any atom is 0.176 e. The van der Waals surface area contributed by atoms with E-state index in [2.05, 4.69) is 29.1 Å². The molecule has 4 rings (SSSR count). The number of fused-ring (bicyclic) bond motifs is 1. The van der Waals surface area contributed by atoms with Gasteiger partial charge in [0.1, 0.15) is 11.3 Å². The van der Waals surface area contributed by atoms with E-state index in [-0.39, 0.29) is 0 Å². The van der Waals surface area contributed by atoms with E-state index >= 15 is 0 Å². The van der Waals surface area contributed by atoms with Crippen molar-refractivity contribution in [2.45, 2.75) is 20.8 Å². The Bertz CT molecular complexity index is 1270. The summed E-state index contributed by atoms with van der Waals surface area (Å²) in [7, 11) is 3.23. The fraction of sp³-hybridized carbons (Fsp3) is 0.200. The first kappa shape index (κ1) is 20.5. The highest BCUT2D eigenvalue weighted by molar-refractivity contribution is 5.92. The molecule has 4 aromatic rings. The molecule has 6 heteroatoms. The number of hydrogen-bond donors (Lipinski definition) is 1. The number of pyridine rings is 1. The number of ether oxygens (including phenoxy) is 2. The van der Waals surface area contributed by atoms with Gasteiger partial charge in [0.25, 0.3) is 0 Å². The molecule has 2 aromatic carbocycles. The lowest BCUT2D eigenvalue weighted by atomic mass is 10.1. The van der Waals surface area contributed by atoms with E-state index in [0.717, 1.165) is 39.3 Å². The Labute approximate surface area is 181 Å². The summed E-state index contributed by atoms with van der Waals surface area (Å²) in [6.45, 7) is 6.07. The number of benzene rings is 2. The van der Waals surface area contributed by atoms with Gasteiger partial charge in [-0.15, -0.1) is 0 Å². The van der Waals surface area contributed by atoms with Gasteiger partial charge in [-0.2, -0.15) is 0 Å². The fourth-order valence-corrected chi connectivity index (χ4v) is 3.62. The first-order chi connectivity index (χ1) is 15.1. The Kier molecular flexibility index (Phi) is 5.62. The smallest absolute Gasteiger partial charge is 0.176 e. The molecule has 0 amide bonds. The summed E-state index contributed by atoms with van der Waals surface area (Å²) in [4.78, 5) is 8.91. The SMILES string of the molecule is CC=Nc1ccc(Nc2ccnc3cc(-c4cccc(OC)c4OC)oc23)c(C)c1C. The number of nitrogens with one attached hydrogen (secondary N) is 1. The Morgan fingerprint density at radius 1 is 1.00 bits per heavy atom. The largest absolute Gasteiger partial charge is 0.493 e. The van der Waals surface area contributed by atoms with Crippen molar-refractivity contribution in [3.05, 3.63) is 59.8 Å². The van der Waals surface area contributed by atoms with Crippen LogP contribution in [0.2, 0.25) is 0 Å². The van der Waals surface area contributed by atoms with Crippen molar-refractivity contribution in [2.75, 3.05) is 19.5 Å². The van der Waals surface area contributed by atoms with Crippen LogP contribution in [-0.2, 0) is 0 Å². The Morgan fingerprint density at radius 3 is 2.58 bits per heavy atom. The van der Waals surface area contributed by atoms with Gasteiger partial charge in [-0.1, -0.05) is 6.07 Å². The van der Waals surface area contributed by atoms with Gasteiger partial charge < -0.3 is 19.2 Å². The normalized spacial score (nSPS) is 11.3. The molecule has 0 atom stereocenters. The molecule has 0 spiro atoms. The van der Waals surface area contributed by atoms with Gasteiger partial charge in [0.15, 0.2) is 17.1 Å². The summed E-state index contributed by atoms with van der Waals surface area (Å²) >= 11 is 0. The standard InChI is InChI=1S/C25H25N3O3/c1-6-26-18-10-11-19(16(3)15(18)2)28-20-12-13-27-21-14-23(31-25(20)21)17-8-7-9-22(29-4)24(17)30-5/h6-14H,1-5H3,(H,27,28). The number of aliphatic imine (C=N–C) groups is 1. The van der Waals surface area contributed by atoms with Crippen molar-refractivity contribution in [3.63, 3.8) is 0 Å². The van der Waals surface area contributed by atoms with Crippen LogP contribution < -0.4 is 14.8 Å². The average molecular weight is 415 g/mol. The molecular formula is C25H25N3O3. The van der Waals surface area contributed by atoms with Gasteiger partial charge in [-0.25, -0.2) is 0 Å². The minimum atomic E-state index is 0.622. The van der Waals surface area contributed by atoms with E-state index in [4.69, 9.17) is 13.9 Å². The minimum absolute atomic E-state index is 0.622. The Balaban J connectivity index is 1.78. The van der Waals surface area contributed by atoms with Gasteiger partial charge in [-0.05, 0) is 62.2 Å². The number of nitrogens with zero attached hydrogens (tertiary/aromatic N) is 2. The second-order valence-corrected chi connectivity index (χ2v) is 7.12. The minimum Gasteiger partial charge on any atom is -0.493 e. The first-order valence-electron chi connectivity index (χ1n) is 10.0. The molecule has 0 radical (unpaired) electrons. The summed E-state index contributed by atoms with van der Waals surface area (Å²) in [5, 5.41) is 3.50. The summed E-state index contributed by atoms with van der Waals surface area (Å²) in [6.07, 6.45) is 3.57. The van der Waals surface area contributed by atoms with Crippen molar-refractivity contribution in [2.24, 2.45) is 4.99 Å². The van der Waals surface area contributed by atoms with Gasteiger partial charge in [0.05, 0.1) is 31.2 Å². The fourth-order valence-electron chi connectivity index (χ4n) is 3.62. The first-order valence-corrected chi connectivity index (χ1v) is 10.0. The van der Waals surface area contributed by atoms with Crippen LogP contribution in [-0.4, -0.2) is 25.4 Å². The maximum atomic E-state index is 6.25. The topological polar surface area (TPSA) is 68.9 Å². The summed E-state index contributed by atoms with van der Waals surface area (Å²) < 4.78 is 17.2. The van der Waals surface area contributed by atoms with Gasteiger partial charge in [0, 0.05) is 24.2 Å². The van der Waals surface area contributed by atoms with Crippen LogP contribution in [0, 0.1) is 13.8 Å². The zero-order valence-corrected chi connectivity index (χ0v) is 18.3. The zero-order valence-electron chi connectivity index (χ0n) is 18.3. The van der Waals surface area contributed by atoms with Gasteiger partial charge in [0.2, 0.25) is 0 Å². The van der Waals surface area contributed by atoms with Crippen molar-refractivity contribution < 1.29 is 13.9 Å². The third kappa shape index (κ3) is 3.72. The van der Waals surface area contributed by atoms with E-state index in [1.165, 1.54) is 0 Å². The molecule has 6 nitrogen and oxygen atoms in total. The molecule has 31 heavy (non-hydrogen) atoms. The summed E-state index contributed by atoms with van der Waals surface area (Å²) in [6, 6.07) is 13.6. The number of para-hydroxylation sites is 1. The predicted octanol–water partition coefficient (Wildman–Crippen LogP) is 6.59. The lowest BCUT2D eigenvalue weighted by Crippen LogP contribution is -1.96. The van der Waals surface area contributed by atoms with Crippen molar-refractivity contribution in [1.82, 2.24) is 4.98 Å². The number of hydrogen-bond acceptors (Lipinski definition) is 6. The van der Waals surface area contributed by atoms with E-state index in [1.807, 2.05) is 49.4 Å². The number of aromatic nitrogens is 1. The average Bonchev–Trinajstić information content (AvgIpc) is 3.23. The molecule has 0 fully saturated rings. The second kappa shape index (κ2) is 8.52. The molecule has 0 aliphatic carbocycles. The van der Waals surface area contributed by atoms with Crippen molar-refractivity contribution >= 4 is 34.4 Å². The van der Waals surface area contributed by atoms with E-state index in [1.54, 1.807) is 26.6 Å². The summed E-state index contributed by atoms with van der Waals surface area (Å²) in [5.74, 6) is 1.93. The van der Waals surface area contributed by atoms with E-state index in [9.17, 15) is 0 Å². The highest BCUT2D eigenvalue weighted by atomic mass is 16.5. The third-order valence-corrected chi connectivity index (χ3v) is 5.38. The van der Waals surface area contributed by atoms with Crippen LogP contribution in [0.4, 0.5) is 17.1 Å². The van der Waals surface area contributed by atoms with Crippen LogP contribution in [0.3, 0.4) is 0 Å². The Hall–Kier alpha value is -3.80. The number of rotatable bonds is 6. The zero-order chi connectivity index (χ0) is 22.0. The van der Waals surface area contributed by atoms with Crippen LogP contribution >= 0.6 is 0 Å². The van der Waals surface area contributed by atoms with Crippen molar-refractivity contribution in [3.8, 4) is 22.8 Å². The molecule has 2 aromatic heterocycles. The third-order valence-electron chi connectivity index (χ3n) is 5.38. The van der Waals surface area contributed by atoms with E-state index in [0.29, 0.717) is 22.8 Å². The quantitative estimate of drug-likeness (QED) is 0.360. The lowest BCUT2D eigenvalue weighted by molar-refractivity contribution is 0.355. The van der Waals surface area contributed by atoms with Crippen LogP contribution in [0.5, 0.6) is 11.5 Å². The highest BCUT2D eigenvalue weighted by Crippen LogP contribution is 2.41. The van der Waals surface area contributed by atoms with Gasteiger partial charge >= 0.3 is 0 Å². The molecule has 1 N–H and O–H groups in total. The van der Waals surface area contributed by atoms with Crippen LogP contribution in [0.25, 0.3) is 22.4 Å². The highest BCUT2D eigenvalue weighted by Gasteiger charge is 2.17.